The van der Waals surface area contributed by atoms with Crippen LogP contribution in [0.15, 0.2) is 18.2 Å². The zero-order valence-corrected chi connectivity index (χ0v) is 10.4. The van der Waals surface area contributed by atoms with E-state index in [1.807, 2.05) is 0 Å². The number of rotatable bonds is 3. The monoisotopic (exact) mass is 252 g/mol. The van der Waals surface area contributed by atoms with Gasteiger partial charge in [0.2, 0.25) is 0 Å². The van der Waals surface area contributed by atoms with Crippen LogP contribution in [-0.4, -0.2) is 37.6 Å². The molecule has 0 saturated carbocycles. The van der Waals surface area contributed by atoms with Crippen molar-refractivity contribution in [3.8, 4) is 0 Å². The average molecular weight is 252 g/mol. The van der Waals surface area contributed by atoms with E-state index in [9.17, 15) is 9.18 Å². The number of nitrogens with two attached hydrogens (primary N) is 1. The lowest BCUT2D eigenvalue weighted by atomic mass is 10.1. The molecule has 1 heterocycles. The molecule has 0 aromatic heterocycles. The highest BCUT2D eigenvalue weighted by molar-refractivity contribution is 5.94. The molecule has 2 N–H and O–H groups in total. The maximum atomic E-state index is 13.3. The van der Waals surface area contributed by atoms with Gasteiger partial charge in [-0.1, -0.05) is 0 Å². The molecule has 1 atom stereocenters. The molecule has 1 aromatic rings. The number of hydrogen-bond acceptors (Lipinski definition) is 3. The lowest BCUT2D eigenvalue weighted by Gasteiger charge is -2.16. The van der Waals surface area contributed by atoms with Crippen LogP contribution in [0.2, 0.25) is 0 Å². The molecule has 0 radical (unpaired) electrons. The van der Waals surface area contributed by atoms with Crippen molar-refractivity contribution in [2.24, 2.45) is 5.92 Å². The van der Waals surface area contributed by atoms with Crippen molar-refractivity contribution in [3.05, 3.63) is 29.6 Å². The maximum Gasteiger partial charge on any atom is 0.253 e. The van der Waals surface area contributed by atoms with E-state index in [1.54, 1.807) is 18.1 Å². The number of nitrogen functional groups attached to an aromatic ring is 1. The van der Waals surface area contributed by atoms with Crippen LogP contribution in [0.3, 0.4) is 0 Å². The Kier molecular flexibility index (Phi) is 3.81. The second kappa shape index (κ2) is 5.35. The normalized spacial score (nSPS) is 19.2. The maximum absolute atomic E-state index is 13.3. The van der Waals surface area contributed by atoms with Gasteiger partial charge >= 0.3 is 0 Å². The molecule has 1 amide bonds. The van der Waals surface area contributed by atoms with Gasteiger partial charge in [0.25, 0.3) is 5.91 Å². The number of carbonyl (C=O) groups excluding carboxylic acids is 1. The van der Waals surface area contributed by atoms with Gasteiger partial charge in [-0.2, -0.15) is 0 Å². The minimum Gasteiger partial charge on any atom is -0.396 e. The number of likely N-dealkylation sites (tertiary alicyclic amines) is 1. The Morgan fingerprint density at radius 2 is 2.39 bits per heavy atom. The van der Waals surface area contributed by atoms with Crippen LogP contribution in [0.4, 0.5) is 10.1 Å². The Morgan fingerprint density at radius 3 is 3.06 bits per heavy atom. The number of anilines is 1. The highest BCUT2D eigenvalue weighted by Gasteiger charge is 2.27. The lowest BCUT2D eigenvalue weighted by molar-refractivity contribution is 0.0775. The molecule has 1 saturated heterocycles. The van der Waals surface area contributed by atoms with Gasteiger partial charge in [-0.25, -0.2) is 4.39 Å². The first kappa shape index (κ1) is 12.8. The predicted molar refractivity (Wildman–Crippen MR) is 66.7 cm³/mol. The highest BCUT2D eigenvalue weighted by Crippen LogP contribution is 2.20. The van der Waals surface area contributed by atoms with Gasteiger partial charge in [0.15, 0.2) is 0 Å². The zero-order chi connectivity index (χ0) is 13.1. The molecule has 2 rings (SSSR count). The Labute approximate surface area is 106 Å². The molecule has 0 spiro atoms. The Morgan fingerprint density at radius 1 is 1.61 bits per heavy atom. The summed E-state index contributed by atoms with van der Waals surface area (Å²) in [7, 11) is 1.65. The van der Waals surface area contributed by atoms with Gasteiger partial charge in [-0.05, 0) is 24.6 Å². The number of amides is 1. The number of hydrogen-bond donors (Lipinski definition) is 1. The Balaban J connectivity index is 2.05. The summed E-state index contributed by atoms with van der Waals surface area (Å²) < 4.78 is 18.4. The van der Waals surface area contributed by atoms with Crippen molar-refractivity contribution in [1.82, 2.24) is 4.90 Å². The molecule has 1 aliphatic rings. The fraction of sp³-hybridized carbons (Fsp3) is 0.462. The molecular formula is C13H17FN2O2. The molecular weight excluding hydrogens is 235 g/mol. The van der Waals surface area contributed by atoms with Crippen LogP contribution in [0.25, 0.3) is 0 Å². The van der Waals surface area contributed by atoms with Gasteiger partial charge in [0.05, 0.1) is 12.3 Å². The van der Waals surface area contributed by atoms with Gasteiger partial charge in [0.1, 0.15) is 5.82 Å². The van der Waals surface area contributed by atoms with Crippen molar-refractivity contribution < 1.29 is 13.9 Å². The molecule has 1 aliphatic heterocycles. The first-order chi connectivity index (χ1) is 8.61. The minimum absolute atomic E-state index is 0.0604. The summed E-state index contributed by atoms with van der Waals surface area (Å²) in [4.78, 5) is 13.9. The molecule has 18 heavy (non-hydrogen) atoms. The first-order valence-corrected chi connectivity index (χ1v) is 5.95. The molecule has 98 valence electrons. The van der Waals surface area contributed by atoms with Crippen LogP contribution in [-0.2, 0) is 4.74 Å². The summed E-state index contributed by atoms with van der Waals surface area (Å²) in [5.41, 5.74) is 5.79. The lowest BCUT2D eigenvalue weighted by Crippen LogP contribution is -2.29. The van der Waals surface area contributed by atoms with E-state index in [-0.39, 0.29) is 11.6 Å². The second-order valence-electron chi connectivity index (χ2n) is 4.60. The summed E-state index contributed by atoms with van der Waals surface area (Å²) in [5.74, 6) is -0.321. The van der Waals surface area contributed by atoms with Crippen LogP contribution in [0, 0.1) is 11.7 Å². The van der Waals surface area contributed by atoms with Crippen molar-refractivity contribution in [1.29, 1.82) is 0 Å². The highest BCUT2D eigenvalue weighted by atomic mass is 19.1. The van der Waals surface area contributed by atoms with Crippen LogP contribution >= 0.6 is 0 Å². The topological polar surface area (TPSA) is 55.6 Å². The summed E-state index contributed by atoms with van der Waals surface area (Å²) in [6.07, 6.45) is 0.928. The number of benzene rings is 1. The van der Waals surface area contributed by atoms with E-state index < -0.39 is 5.82 Å². The predicted octanol–water partition coefficient (Wildman–Crippen LogP) is 1.52. The molecule has 1 aromatic carbocycles. The van der Waals surface area contributed by atoms with E-state index in [0.717, 1.165) is 6.42 Å². The van der Waals surface area contributed by atoms with Crippen molar-refractivity contribution in [3.63, 3.8) is 0 Å². The molecule has 0 aliphatic carbocycles. The van der Waals surface area contributed by atoms with Crippen LogP contribution in [0.5, 0.6) is 0 Å². The third kappa shape index (κ3) is 2.61. The van der Waals surface area contributed by atoms with E-state index in [2.05, 4.69) is 0 Å². The zero-order valence-electron chi connectivity index (χ0n) is 10.4. The largest absolute Gasteiger partial charge is 0.396 e. The number of carbonyl (C=O) groups is 1. The van der Waals surface area contributed by atoms with Crippen molar-refractivity contribution >= 4 is 11.6 Å². The molecule has 4 nitrogen and oxygen atoms in total. The number of ether oxygens (including phenoxy) is 1. The van der Waals surface area contributed by atoms with E-state index in [0.29, 0.717) is 31.2 Å². The number of nitrogens with zero attached hydrogens (tertiary/aromatic N) is 1. The van der Waals surface area contributed by atoms with E-state index in [1.165, 1.54) is 12.1 Å². The first-order valence-electron chi connectivity index (χ1n) is 5.95. The van der Waals surface area contributed by atoms with Crippen molar-refractivity contribution in [2.75, 3.05) is 32.5 Å². The smallest absolute Gasteiger partial charge is 0.253 e. The quantitative estimate of drug-likeness (QED) is 0.830. The second-order valence-corrected chi connectivity index (χ2v) is 4.60. The summed E-state index contributed by atoms with van der Waals surface area (Å²) >= 11 is 0. The van der Waals surface area contributed by atoms with Gasteiger partial charge in [-0.15, -0.1) is 0 Å². The summed E-state index contributed by atoms with van der Waals surface area (Å²) in [6.45, 7) is 2.01. The standard InChI is InChI=1S/C13H17FN2O2/c1-18-8-9-4-5-16(7-9)13(17)10-2-3-12(15)11(14)6-10/h2-3,6,9H,4-5,7-8,15H2,1H3. The van der Waals surface area contributed by atoms with Gasteiger partial charge in [-0.3, -0.25) is 4.79 Å². The average Bonchev–Trinajstić information content (AvgIpc) is 2.81. The van der Waals surface area contributed by atoms with E-state index in [4.69, 9.17) is 10.5 Å². The fourth-order valence-electron chi connectivity index (χ4n) is 2.23. The van der Waals surface area contributed by atoms with Gasteiger partial charge < -0.3 is 15.4 Å². The number of methoxy groups -OCH3 is 1. The SMILES string of the molecule is COCC1CCN(C(=O)c2ccc(N)c(F)c2)C1. The van der Waals surface area contributed by atoms with E-state index >= 15 is 0 Å². The van der Waals surface area contributed by atoms with Gasteiger partial charge in [0, 0.05) is 31.7 Å². The molecule has 0 bridgehead atoms. The third-order valence-electron chi connectivity index (χ3n) is 3.22. The Bertz CT molecular complexity index is 451. The summed E-state index contributed by atoms with van der Waals surface area (Å²) in [6, 6.07) is 4.18. The molecule has 1 fully saturated rings. The molecule has 1 unspecified atom stereocenters. The van der Waals surface area contributed by atoms with Crippen LogP contribution in [0.1, 0.15) is 16.8 Å². The minimum atomic E-state index is -0.548. The number of halogens is 1. The molecule has 5 heteroatoms. The fourth-order valence-corrected chi connectivity index (χ4v) is 2.23. The Hall–Kier alpha value is -1.62. The van der Waals surface area contributed by atoms with Crippen LogP contribution < -0.4 is 5.73 Å². The third-order valence-corrected chi connectivity index (χ3v) is 3.22. The summed E-state index contributed by atoms with van der Waals surface area (Å²) in [5, 5.41) is 0. The van der Waals surface area contributed by atoms with Crippen molar-refractivity contribution in [2.45, 2.75) is 6.42 Å².